The van der Waals surface area contributed by atoms with Gasteiger partial charge in [-0.25, -0.2) is 9.97 Å². The number of fused-ring (bicyclic) bond motifs is 1. The summed E-state index contributed by atoms with van der Waals surface area (Å²) in [7, 11) is 0. The Balaban J connectivity index is 2.63. The highest BCUT2D eigenvalue weighted by molar-refractivity contribution is 7.71. The van der Waals surface area contributed by atoms with Gasteiger partial charge in [0.1, 0.15) is 11.2 Å². The number of nitrogen functional groups attached to an aromatic ring is 1. The number of aromatic amines is 1. The molecule has 0 aliphatic rings. The van der Waals surface area contributed by atoms with Crippen LogP contribution >= 0.6 is 12.2 Å². The van der Waals surface area contributed by atoms with E-state index in [0.717, 1.165) is 12.2 Å². The van der Waals surface area contributed by atoms with Crippen molar-refractivity contribution in [3.05, 3.63) is 11.0 Å². The average molecular weight is 223 g/mol. The third-order valence-electron chi connectivity index (χ3n) is 2.07. The lowest BCUT2D eigenvalue weighted by molar-refractivity contribution is 0.530. The highest BCUT2D eigenvalue weighted by atomic mass is 32.1. The summed E-state index contributed by atoms with van der Waals surface area (Å²) in [5, 5.41) is 0. The second kappa shape index (κ2) is 3.62. The molecular weight excluding hydrogens is 210 g/mol. The van der Waals surface area contributed by atoms with Crippen molar-refractivity contribution in [3.8, 4) is 0 Å². The lowest BCUT2D eigenvalue weighted by Crippen LogP contribution is -2.05. The maximum absolute atomic E-state index is 5.61. The van der Waals surface area contributed by atoms with Gasteiger partial charge in [-0.2, -0.15) is 0 Å². The molecule has 0 amide bonds. The minimum Gasteiger partial charge on any atom is -0.369 e. The zero-order valence-corrected chi connectivity index (χ0v) is 9.51. The number of nitrogens with two attached hydrogens (primary N) is 1. The van der Waals surface area contributed by atoms with E-state index < -0.39 is 0 Å². The van der Waals surface area contributed by atoms with Gasteiger partial charge in [0.2, 0.25) is 0 Å². The Bertz CT molecular complexity index is 539. The quantitative estimate of drug-likeness (QED) is 0.760. The van der Waals surface area contributed by atoms with Crippen LogP contribution in [-0.4, -0.2) is 19.5 Å². The average Bonchev–Trinajstić information content (AvgIpc) is 2.48. The van der Waals surface area contributed by atoms with E-state index in [1.54, 1.807) is 6.33 Å². The molecule has 2 aromatic rings. The molecule has 2 aromatic heterocycles. The molecule has 0 fully saturated rings. The molecule has 0 aliphatic carbocycles. The van der Waals surface area contributed by atoms with Crippen molar-refractivity contribution in [2.45, 2.75) is 20.4 Å². The summed E-state index contributed by atoms with van der Waals surface area (Å²) < 4.78 is 2.46. The smallest absolute Gasteiger partial charge is 0.200 e. The fourth-order valence-corrected chi connectivity index (χ4v) is 1.76. The maximum Gasteiger partial charge on any atom is 0.200 e. The van der Waals surface area contributed by atoms with E-state index in [-0.39, 0.29) is 0 Å². The van der Waals surface area contributed by atoms with Gasteiger partial charge < -0.3 is 15.3 Å². The van der Waals surface area contributed by atoms with Gasteiger partial charge in [0, 0.05) is 6.54 Å². The monoisotopic (exact) mass is 223 g/mol. The number of aromatic nitrogens is 4. The van der Waals surface area contributed by atoms with E-state index >= 15 is 0 Å². The van der Waals surface area contributed by atoms with Crippen LogP contribution in [0.2, 0.25) is 0 Å². The minimum atomic E-state index is 0.331. The van der Waals surface area contributed by atoms with Crippen molar-refractivity contribution in [1.29, 1.82) is 0 Å². The zero-order valence-electron chi connectivity index (χ0n) is 8.69. The lowest BCUT2D eigenvalue weighted by Gasteiger charge is -2.06. The van der Waals surface area contributed by atoms with Crippen LogP contribution in [0.1, 0.15) is 13.8 Å². The summed E-state index contributed by atoms with van der Waals surface area (Å²) in [5.41, 5.74) is 7.17. The summed E-state index contributed by atoms with van der Waals surface area (Å²) >= 11 is 5.08. The first-order valence-corrected chi connectivity index (χ1v) is 5.19. The predicted octanol–water partition coefficient (Wildman–Crippen LogP) is 1.73. The molecule has 0 unspecified atom stereocenters. The van der Waals surface area contributed by atoms with Crippen LogP contribution in [-0.2, 0) is 6.54 Å². The summed E-state index contributed by atoms with van der Waals surface area (Å²) in [6.45, 7) is 5.17. The molecule has 0 spiro atoms. The Morgan fingerprint density at radius 3 is 3.00 bits per heavy atom. The molecule has 0 saturated heterocycles. The Hall–Kier alpha value is -1.43. The first-order chi connectivity index (χ1) is 7.08. The summed E-state index contributed by atoms with van der Waals surface area (Å²) in [4.78, 5) is 11.2. The van der Waals surface area contributed by atoms with Crippen molar-refractivity contribution in [2.75, 3.05) is 5.73 Å². The van der Waals surface area contributed by atoms with Crippen LogP contribution in [0.15, 0.2) is 6.33 Å². The van der Waals surface area contributed by atoms with Crippen LogP contribution in [0.25, 0.3) is 11.2 Å². The van der Waals surface area contributed by atoms with Crippen LogP contribution in [0.3, 0.4) is 0 Å². The first-order valence-electron chi connectivity index (χ1n) is 4.78. The van der Waals surface area contributed by atoms with Gasteiger partial charge in [0.15, 0.2) is 10.6 Å². The van der Waals surface area contributed by atoms with Crippen LogP contribution in [0.5, 0.6) is 0 Å². The standard InChI is InChI=1S/C9H13N5S/c1-5(2)3-14-4-11-6-7(14)12-9(10)13-8(6)15/h4-5H,3H2,1-2H3,(H3,10,12,13,15). The van der Waals surface area contributed by atoms with E-state index in [0.29, 0.717) is 22.0 Å². The number of H-pyrrole nitrogens is 1. The van der Waals surface area contributed by atoms with Crippen molar-refractivity contribution < 1.29 is 0 Å². The Morgan fingerprint density at radius 2 is 2.33 bits per heavy atom. The lowest BCUT2D eigenvalue weighted by atomic mass is 10.2. The molecule has 2 rings (SSSR count). The van der Waals surface area contributed by atoms with Gasteiger partial charge in [-0.05, 0) is 5.92 Å². The molecule has 2 heterocycles. The Labute approximate surface area is 92.3 Å². The van der Waals surface area contributed by atoms with Crippen molar-refractivity contribution in [1.82, 2.24) is 19.5 Å². The van der Waals surface area contributed by atoms with Crippen molar-refractivity contribution in [3.63, 3.8) is 0 Å². The van der Waals surface area contributed by atoms with Crippen LogP contribution in [0, 0.1) is 10.6 Å². The van der Waals surface area contributed by atoms with Gasteiger partial charge in [0.25, 0.3) is 0 Å². The van der Waals surface area contributed by atoms with E-state index in [9.17, 15) is 0 Å². The number of hydrogen-bond acceptors (Lipinski definition) is 4. The summed E-state index contributed by atoms with van der Waals surface area (Å²) in [6.07, 6.45) is 1.76. The number of nitrogens with zero attached hydrogens (tertiary/aromatic N) is 3. The fourth-order valence-electron chi connectivity index (χ4n) is 1.51. The number of imidazole rings is 1. The second-order valence-corrected chi connectivity index (χ2v) is 4.30. The van der Waals surface area contributed by atoms with Gasteiger partial charge in [-0.1, -0.05) is 26.1 Å². The molecule has 0 aliphatic heterocycles. The highest BCUT2D eigenvalue weighted by Crippen LogP contribution is 2.13. The second-order valence-electron chi connectivity index (χ2n) is 3.92. The number of anilines is 1. The van der Waals surface area contributed by atoms with Gasteiger partial charge in [0.05, 0.1) is 6.33 Å². The van der Waals surface area contributed by atoms with E-state index in [1.807, 2.05) is 4.57 Å². The number of nitrogens with one attached hydrogen (secondary N) is 1. The van der Waals surface area contributed by atoms with Gasteiger partial charge in [-0.3, -0.25) is 0 Å². The van der Waals surface area contributed by atoms with Gasteiger partial charge in [-0.15, -0.1) is 0 Å². The normalized spacial score (nSPS) is 11.4. The molecular formula is C9H13N5S. The highest BCUT2D eigenvalue weighted by Gasteiger charge is 2.07. The molecule has 0 bridgehead atoms. The predicted molar refractivity (Wildman–Crippen MR) is 62.0 cm³/mol. The first kappa shape index (κ1) is 10.1. The summed E-state index contributed by atoms with van der Waals surface area (Å²) in [6, 6.07) is 0. The molecule has 0 aromatic carbocycles. The third-order valence-corrected chi connectivity index (χ3v) is 2.36. The Morgan fingerprint density at radius 1 is 1.60 bits per heavy atom. The summed E-state index contributed by atoms with van der Waals surface area (Å²) in [5.74, 6) is 0.872. The molecule has 6 heteroatoms. The van der Waals surface area contributed by atoms with Gasteiger partial charge >= 0.3 is 0 Å². The molecule has 15 heavy (non-hydrogen) atoms. The van der Waals surface area contributed by atoms with E-state index in [1.165, 1.54) is 0 Å². The topological polar surface area (TPSA) is 72.5 Å². The fraction of sp³-hybridized carbons (Fsp3) is 0.444. The Kier molecular flexibility index (Phi) is 2.44. The van der Waals surface area contributed by atoms with E-state index in [4.69, 9.17) is 18.0 Å². The number of rotatable bonds is 2. The largest absolute Gasteiger partial charge is 0.369 e. The third kappa shape index (κ3) is 1.85. The van der Waals surface area contributed by atoms with E-state index in [2.05, 4.69) is 28.8 Å². The maximum atomic E-state index is 5.61. The number of hydrogen-bond donors (Lipinski definition) is 2. The zero-order chi connectivity index (χ0) is 11.0. The molecule has 5 nitrogen and oxygen atoms in total. The van der Waals surface area contributed by atoms with Crippen molar-refractivity contribution in [2.24, 2.45) is 5.92 Å². The van der Waals surface area contributed by atoms with Crippen LogP contribution in [0.4, 0.5) is 5.95 Å². The molecule has 0 atom stereocenters. The molecule has 3 N–H and O–H groups in total. The molecule has 80 valence electrons. The molecule has 0 radical (unpaired) electrons. The SMILES string of the molecule is CC(C)Cn1cnc2c(=S)nc(N)[nH]c21. The minimum absolute atomic E-state index is 0.331. The van der Waals surface area contributed by atoms with Crippen molar-refractivity contribution >= 4 is 29.3 Å². The molecule has 0 saturated carbocycles. The van der Waals surface area contributed by atoms with Crippen LogP contribution < -0.4 is 5.73 Å².